The zero-order valence-corrected chi connectivity index (χ0v) is 9.19. The Morgan fingerprint density at radius 3 is 2.73 bits per heavy atom. The number of alkyl halides is 1. The minimum atomic E-state index is -1.43. The molecule has 1 heterocycles. The largest absolute Gasteiger partial charge is 0.303 e. The van der Waals surface area contributed by atoms with Crippen LogP contribution in [0, 0.1) is 5.82 Å². The van der Waals surface area contributed by atoms with E-state index in [4.69, 9.17) is 11.6 Å². The van der Waals surface area contributed by atoms with Crippen LogP contribution in [0.3, 0.4) is 0 Å². The highest BCUT2D eigenvalue weighted by molar-refractivity contribution is 6.30. The van der Waals surface area contributed by atoms with Gasteiger partial charge in [0.05, 0.1) is 5.02 Å². The van der Waals surface area contributed by atoms with Gasteiger partial charge in [-0.25, -0.2) is 8.78 Å². The van der Waals surface area contributed by atoms with Crippen LogP contribution in [-0.4, -0.2) is 25.0 Å². The summed E-state index contributed by atoms with van der Waals surface area (Å²) in [6, 6.07) is 4.16. The van der Waals surface area contributed by atoms with Crippen LogP contribution in [0.5, 0.6) is 0 Å². The Morgan fingerprint density at radius 2 is 2.20 bits per heavy atom. The number of likely N-dealkylation sites (N-methyl/N-ethyl adjacent to an activating group) is 1. The van der Waals surface area contributed by atoms with Crippen LogP contribution in [-0.2, 0) is 5.67 Å². The highest BCUT2D eigenvalue weighted by Crippen LogP contribution is 2.36. The van der Waals surface area contributed by atoms with Gasteiger partial charge in [0.2, 0.25) is 0 Å². The molecule has 0 N–H and O–H groups in total. The SMILES string of the molecule is CN1CCC(F)(c2ccc(Cl)c(F)c2)C1. The van der Waals surface area contributed by atoms with E-state index >= 15 is 0 Å². The van der Waals surface area contributed by atoms with Crippen molar-refractivity contribution in [1.82, 2.24) is 4.90 Å². The van der Waals surface area contributed by atoms with Gasteiger partial charge in [0, 0.05) is 13.1 Å². The molecule has 4 heteroatoms. The van der Waals surface area contributed by atoms with Gasteiger partial charge in [0.15, 0.2) is 0 Å². The van der Waals surface area contributed by atoms with E-state index in [0.717, 1.165) is 0 Å². The molecule has 0 saturated carbocycles. The summed E-state index contributed by atoms with van der Waals surface area (Å²) >= 11 is 5.55. The zero-order valence-electron chi connectivity index (χ0n) is 8.43. The summed E-state index contributed by atoms with van der Waals surface area (Å²) in [6.45, 7) is 1.01. The Bertz CT molecular complexity index is 383. The van der Waals surface area contributed by atoms with E-state index in [1.807, 2.05) is 11.9 Å². The van der Waals surface area contributed by atoms with Crippen LogP contribution in [0.25, 0.3) is 0 Å². The molecule has 1 fully saturated rings. The molecular weight excluding hydrogens is 220 g/mol. The first-order valence-corrected chi connectivity index (χ1v) is 5.22. The summed E-state index contributed by atoms with van der Waals surface area (Å²) in [5.74, 6) is -0.555. The average molecular weight is 232 g/mol. The van der Waals surface area contributed by atoms with Crippen LogP contribution in [0.15, 0.2) is 18.2 Å². The lowest BCUT2D eigenvalue weighted by atomic mass is 9.95. The van der Waals surface area contributed by atoms with E-state index in [1.54, 1.807) is 6.07 Å². The van der Waals surface area contributed by atoms with E-state index < -0.39 is 11.5 Å². The molecule has 1 aromatic rings. The van der Waals surface area contributed by atoms with Crippen LogP contribution in [0.4, 0.5) is 8.78 Å². The van der Waals surface area contributed by atoms with Gasteiger partial charge in [-0.1, -0.05) is 17.7 Å². The summed E-state index contributed by atoms with van der Waals surface area (Å²) in [4.78, 5) is 1.90. The molecule has 1 unspecified atom stereocenters. The molecule has 82 valence electrons. The number of halogens is 3. The van der Waals surface area contributed by atoms with E-state index in [9.17, 15) is 8.78 Å². The van der Waals surface area contributed by atoms with Crippen molar-refractivity contribution in [2.75, 3.05) is 20.1 Å². The molecular formula is C11H12ClF2N. The minimum Gasteiger partial charge on any atom is -0.303 e. The van der Waals surface area contributed by atoms with Crippen LogP contribution in [0.1, 0.15) is 12.0 Å². The predicted octanol–water partition coefficient (Wildman–Crippen LogP) is 2.98. The Balaban J connectivity index is 2.33. The van der Waals surface area contributed by atoms with Gasteiger partial charge in [0.1, 0.15) is 11.5 Å². The van der Waals surface area contributed by atoms with Gasteiger partial charge >= 0.3 is 0 Å². The molecule has 0 bridgehead atoms. The fourth-order valence-electron chi connectivity index (χ4n) is 1.96. The van der Waals surface area contributed by atoms with E-state index in [-0.39, 0.29) is 5.02 Å². The maximum absolute atomic E-state index is 14.4. The summed E-state index contributed by atoms with van der Waals surface area (Å²) < 4.78 is 27.5. The normalized spacial score (nSPS) is 27.2. The molecule has 0 radical (unpaired) electrons. The van der Waals surface area contributed by atoms with Crippen molar-refractivity contribution < 1.29 is 8.78 Å². The molecule has 2 rings (SSSR count). The Hall–Kier alpha value is -0.670. The number of hydrogen-bond donors (Lipinski definition) is 0. The zero-order chi connectivity index (χ0) is 11.1. The molecule has 0 amide bonds. The van der Waals surface area contributed by atoms with Crippen LogP contribution in [0.2, 0.25) is 5.02 Å². The summed E-state index contributed by atoms with van der Waals surface area (Å²) in [5, 5.41) is 0.0358. The van der Waals surface area contributed by atoms with Crippen molar-refractivity contribution in [3.8, 4) is 0 Å². The van der Waals surface area contributed by atoms with Gasteiger partial charge < -0.3 is 4.90 Å². The number of nitrogens with zero attached hydrogens (tertiary/aromatic N) is 1. The Labute approximate surface area is 92.6 Å². The van der Waals surface area contributed by atoms with Crippen LogP contribution >= 0.6 is 11.6 Å². The Morgan fingerprint density at radius 1 is 1.47 bits per heavy atom. The molecule has 15 heavy (non-hydrogen) atoms. The summed E-state index contributed by atoms with van der Waals surface area (Å²) in [6.07, 6.45) is 0.407. The lowest BCUT2D eigenvalue weighted by Gasteiger charge is -2.20. The molecule has 0 spiro atoms. The molecule has 1 saturated heterocycles. The van der Waals surface area contributed by atoms with Crippen molar-refractivity contribution in [2.45, 2.75) is 12.1 Å². The number of benzene rings is 1. The first kappa shape index (κ1) is 10.8. The predicted molar refractivity (Wildman–Crippen MR) is 56.3 cm³/mol. The van der Waals surface area contributed by atoms with Crippen molar-refractivity contribution >= 4 is 11.6 Å². The fraction of sp³-hybridized carbons (Fsp3) is 0.455. The number of likely N-dealkylation sites (tertiary alicyclic amines) is 1. The first-order valence-electron chi connectivity index (χ1n) is 4.84. The lowest BCUT2D eigenvalue weighted by Crippen LogP contribution is -2.24. The van der Waals surface area contributed by atoms with E-state index in [0.29, 0.717) is 25.1 Å². The second-order valence-corrected chi connectivity index (χ2v) is 4.49. The molecule has 1 atom stereocenters. The van der Waals surface area contributed by atoms with Gasteiger partial charge in [0.25, 0.3) is 0 Å². The van der Waals surface area contributed by atoms with Gasteiger partial charge in [-0.15, -0.1) is 0 Å². The van der Waals surface area contributed by atoms with Crippen LogP contribution < -0.4 is 0 Å². The highest BCUT2D eigenvalue weighted by Gasteiger charge is 2.38. The smallest absolute Gasteiger partial charge is 0.149 e. The van der Waals surface area contributed by atoms with Crippen molar-refractivity contribution in [3.63, 3.8) is 0 Å². The second-order valence-electron chi connectivity index (χ2n) is 4.08. The van der Waals surface area contributed by atoms with Gasteiger partial charge in [-0.05, 0) is 31.2 Å². The van der Waals surface area contributed by atoms with Crippen molar-refractivity contribution in [1.29, 1.82) is 0 Å². The molecule has 1 aromatic carbocycles. The maximum atomic E-state index is 14.4. The average Bonchev–Trinajstić information content (AvgIpc) is 2.52. The molecule has 0 aromatic heterocycles. The van der Waals surface area contributed by atoms with Crippen molar-refractivity contribution in [3.05, 3.63) is 34.6 Å². The van der Waals surface area contributed by atoms with E-state index in [2.05, 4.69) is 0 Å². The van der Waals surface area contributed by atoms with E-state index in [1.165, 1.54) is 12.1 Å². The topological polar surface area (TPSA) is 3.24 Å². The maximum Gasteiger partial charge on any atom is 0.149 e. The Kier molecular flexibility index (Phi) is 2.69. The quantitative estimate of drug-likeness (QED) is 0.718. The summed E-state index contributed by atoms with van der Waals surface area (Å²) in [7, 11) is 1.85. The number of rotatable bonds is 1. The lowest BCUT2D eigenvalue weighted by molar-refractivity contribution is 0.174. The van der Waals surface area contributed by atoms with Gasteiger partial charge in [-0.3, -0.25) is 0 Å². The molecule has 1 nitrogen and oxygen atoms in total. The molecule has 1 aliphatic rings. The minimum absolute atomic E-state index is 0.0358. The monoisotopic (exact) mass is 231 g/mol. The first-order chi connectivity index (χ1) is 7.01. The standard InChI is InChI=1S/C11H12ClF2N/c1-15-5-4-11(14,7-15)8-2-3-9(12)10(13)6-8/h2-3,6H,4-5,7H2,1H3. The third-order valence-corrected chi connectivity index (χ3v) is 3.15. The highest BCUT2D eigenvalue weighted by atomic mass is 35.5. The summed E-state index contributed by atoms with van der Waals surface area (Å²) in [5.41, 5.74) is -1.05. The number of hydrogen-bond acceptors (Lipinski definition) is 1. The fourth-order valence-corrected chi connectivity index (χ4v) is 2.08. The van der Waals surface area contributed by atoms with Crippen molar-refractivity contribution in [2.24, 2.45) is 0 Å². The third-order valence-electron chi connectivity index (χ3n) is 2.85. The second kappa shape index (κ2) is 3.72. The van der Waals surface area contributed by atoms with Gasteiger partial charge in [-0.2, -0.15) is 0 Å². The molecule has 0 aliphatic carbocycles. The molecule has 1 aliphatic heterocycles. The third kappa shape index (κ3) is 1.99.